The van der Waals surface area contributed by atoms with Crippen molar-refractivity contribution in [3.05, 3.63) is 44.8 Å². The van der Waals surface area contributed by atoms with E-state index < -0.39 is 0 Å². The average Bonchev–Trinajstić information content (AvgIpc) is 2.57. The van der Waals surface area contributed by atoms with Gasteiger partial charge in [0.15, 0.2) is 5.75 Å². The van der Waals surface area contributed by atoms with Gasteiger partial charge in [0, 0.05) is 12.0 Å². The normalized spacial score (nSPS) is 10.7. The van der Waals surface area contributed by atoms with Gasteiger partial charge >= 0.3 is 5.97 Å². The highest BCUT2D eigenvalue weighted by molar-refractivity contribution is 9.11. The van der Waals surface area contributed by atoms with Gasteiger partial charge in [-0.1, -0.05) is 20.8 Å². The molecule has 0 aliphatic rings. The fraction of sp³-hybridized carbons (Fsp3) is 0.316. The van der Waals surface area contributed by atoms with E-state index in [1.54, 1.807) is 26.2 Å². The molecule has 0 unspecified atom stereocenters. The van der Waals surface area contributed by atoms with Crippen LogP contribution in [0, 0.1) is 0 Å². The Labute approximate surface area is 164 Å². The van der Waals surface area contributed by atoms with Gasteiger partial charge in [-0.2, -0.15) is 0 Å². The third-order valence-electron chi connectivity index (χ3n) is 3.54. The molecule has 0 heterocycles. The number of rotatable bonds is 6. The molecule has 6 heteroatoms. The van der Waals surface area contributed by atoms with Crippen molar-refractivity contribution in [1.82, 2.24) is 0 Å². The molecule has 0 saturated heterocycles. The Bertz CT molecular complexity index is 749. The van der Waals surface area contributed by atoms with E-state index in [9.17, 15) is 4.79 Å². The number of ether oxygens (including phenoxy) is 3. The van der Waals surface area contributed by atoms with E-state index in [1.165, 1.54) is 0 Å². The molecular weight excluding hydrogens is 452 g/mol. The molecular formula is C19H20Br2O4. The fourth-order valence-corrected chi connectivity index (χ4v) is 3.55. The van der Waals surface area contributed by atoms with Crippen LogP contribution in [0.4, 0.5) is 0 Å². The third kappa shape index (κ3) is 4.98. The summed E-state index contributed by atoms with van der Waals surface area (Å²) in [7, 11) is 1.66. The minimum absolute atomic E-state index is 0.288. The van der Waals surface area contributed by atoms with Crippen LogP contribution in [0.2, 0.25) is 0 Å². The first-order valence-corrected chi connectivity index (χ1v) is 9.49. The maximum Gasteiger partial charge on any atom is 0.310 e. The lowest BCUT2D eigenvalue weighted by Crippen LogP contribution is -2.05. The van der Waals surface area contributed by atoms with Crippen LogP contribution in [0.1, 0.15) is 38.7 Å². The molecule has 2 aromatic carbocycles. The Balaban J connectivity index is 2.31. The van der Waals surface area contributed by atoms with Crippen LogP contribution in [-0.4, -0.2) is 13.1 Å². The maximum absolute atomic E-state index is 11.4. The molecule has 0 bridgehead atoms. The summed E-state index contributed by atoms with van der Waals surface area (Å²) in [6.07, 6.45) is 0.317. The zero-order chi connectivity index (χ0) is 18.6. The number of esters is 1. The van der Waals surface area contributed by atoms with Crippen molar-refractivity contribution in [2.75, 3.05) is 7.11 Å². The lowest BCUT2D eigenvalue weighted by molar-refractivity contribution is -0.134. The minimum Gasteiger partial charge on any atom is -0.496 e. The molecule has 4 nitrogen and oxygen atoms in total. The molecule has 0 N–H and O–H groups in total. The van der Waals surface area contributed by atoms with Gasteiger partial charge < -0.3 is 14.2 Å². The SMILES string of the molecule is CCC(=O)Oc1cc(Br)c(Oc2ccc(OC)c(C(C)C)c2)c(Br)c1. The first-order chi connectivity index (χ1) is 11.8. The van der Waals surface area contributed by atoms with Gasteiger partial charge in [0.2, 0.25) is 0 Å². The molecule has 0 atom stereocenters. The van der Waals surface area contributed by atoms with Gasteiger partial charge in [0.25, 0.3) is 0 Å². The highest BCUT2D eigenvalue weighted by atomic mass is 79.9. The molecule has 0 radical (unpaired) electrons. The van der Waals surface area contributed by atoms with E-state index in [0.717, 1.165) is 11.3 Å². The van der Waals surface area contributed by atoms with E-state index in [2.05, 4.69) is 45.7 Å². The Morgan fingerprint density at radius 1 is 1.08 bits per heavy atom. The summed E-state index contributed by atoms with van der Waals surface area (Å²) in [6, 6.07) is 9.13. The predicted octanol–water partition coefficient (Wildman–Crippen LogP) is 6.45. The highest BCUT2D eigenvalue weighted by Gasteiger charge is 2.15. The number of hydrogen-bond acceptors (Lipinski definition) is 4. The van der Waals surface area contributed by atoms with E-state index in [4.69, 9.17) is 14.2 Å². The van der Waals surface area contributed by atoms with E-state index in [0.29, 0.717) is 38.5 Å². The molecule has 0 amide bonds. The van der Waals surface area contributed by atoms with Gasteiger partial charge in [-0.3, -0.25) is 4.79 Å². The second-order valence-electron chi connectivity index (χ2n) is 5.70. The summed E-state index contributed by atoms with van der Waals surface area (Å²) in [5, 5.41) is 0. The zero-order valence-electron chi connectivity index (χ0n) is 14.6. The summed E-state index contributed by atoms with van der Waals surface area (Å²) >= 11 is 6.94. The van der Waals surface area contributed by atoms with Crippen LogP contribution in [0.3, 0.4) is 0 Å². The van der Waals surface area contributed by atoms with Crippen molar-refractivity contribution in [3.63, 3.8) is 0 Å². The largest absolute Gasteiger partial charge is 0.496 e. The standard InChI is InChI=1S/C19H20Br2O4/c1-5-18(22)24-13-9-15(20)19(16(21)10-13)25-12-6-7-17(23-4)14(8-12)11(2)3/h6-11H,5H2,1-4H3. The molecule has 2 aromatic rings. The maximum atomic E-state index is 11.4. The van der Waals surface area contributed by atoms with Crippen LogP contribution >= 0.6 is 31.9 Å². The van der Waals surface area contributed by atoms with Gasteiger partial charge in [0.05, 0.1) is 16.1 Å². The lowest BCUT2D eigenvalue weighted by Gasteiger charge is -2.16. The number of carbonyl (C=O) groups is 1. The van der Waals surface area contributed by atoms with Crippen LogP contribution in [0.25, 0.3) is 0 Å². The second kappa shape index (κ2) is 8.72. The first kappa shape index (κ1) is 19.8. The summed E-state index contributed by atoms with van der Waals surface area (Å²) in [5.41, 5.74) is 1.07. The van der Waals surface area contributed by atoms with Crippen molar-refractivity contribution in [3.8, 4) is 23.0 Å². The monoisotopic (exact) mass is 470 g/mol. The van der Waals surface area contributed by atoms with Crippen LogP contribution in [0.5, 0.6) is 23.0 Å². The molecule has 25 heavy (non-hydrogen) atoms. The topological polar surface area (TPSA) is 44.8 Å². The predicted molar refractivity (Wildman–Crippen MR) is 105 cm³/mol. The van der Waals surface area contributed by atoms with Crippen molar-refractivity contribution < 1.29 is 19.0 Å². The van der Waals surface area contributed by atoms with Crippen LogP contribution < -0.4 is 14.2 Å². The van der Waals surface area contributed by atoms with Crippen molar-refractivity contribution in [1.29, 1.82) is 0 Å². The van der Waals surface area contributed by atoms with Gasteiger partial charge in [-0.05, 0) is 68.1 Å². The highest BCUT2D eigenvalue weighted by Crippen LogP contribution is 2.41. The summed E-state index contributed by atoms with van der Waals surface area (Å²) in [4.78, 5) is 11.4. The van der Waals surface area contributed by atoms with Crippen molar-refractivity contribution in [2.45, 2.75) is 33.1 Å². The molecule has 0 aromatic heterocycles. The molecule has 134 valence electrons. The average molecular weight is 472 g/mol. The Morgan fingerprint density at radius 3 is 2.24 bits per heavy atom. The molecule has 0 spiro atoms. The van der Waals surface area contributed by atoms with Gasteiger partial charge in [0.1, 0.15) is 17.2 Å². The number of halogens is 2. The zero-order valence-corrected chi connectivity index (χ0v) is 17.7. The molecule has 2 rings (SSSR count). The second-order valence-corrected chi connectivity index (χ2v) is 7.41. The van der Waals surface area contributed by atoms with Gasteiger partial charge in [-0.25, -0.2) is 0 Å². The van der Waals surface area contributed by atoms with E-state index in [-0.39, 0.29) is 5.97 Å². The van der Waals surface area contributed by atoms with Crippen molar-refractivity contribution >= 4 is 37.8 Å². The Hall–Kier alpha value is -1.53. The number of benzene rings is 2. The molecule has 0 saturated carbocycles. The van der Waals surface area contributed by atoms with Gasteiger partial charge in [-0.15, -0.1) is 0 Å². The molecule has 0 fully saturated rings. The number of hydrogen-bond donors (Lipinski definition) is 0. The molecule has 0 aliphatic carbocycles. The number of methoxy groups -OCH3 is 1. The summed E-state index contributed by atoms with van der Waals surface area (Å²) in [5.74, 6) is 2.61. The summed E-state index contributed by atoms with van der Waals surface area (Å²) < 4.78 is 18.0. The Morgan fingerprint density at radius 2 is 1.72 bits per heavy atom. The third-order valence-corrected chi connectivity index (χ3v) is 4.71. The van der Waals surface area contributed by atoms with Crippen LogP contribution in [-0.2, 0) is 4.79 Å². The van der Waals surface area contributed by atoms with E-state index in [1.807, 2.05) is 18.2 Å². The smallest absolute Gasteiger partial charge is 0.310 e. The first-order valence-electron chi connectivity index (χ1n) is 7.91. The lowest BCUT2D eigenvalue weighted by atomic mass is 10.0. The summed E-state index contributed by atoms with van der Waals surface area (Å²) in [6.45, 7) is 5.95. The quantitative estimate of drug-likeness (QED) is 0.358. The fourth-order valence-electron chi connectivity index (χ4n) is 2.24. The molecule has 0 aliphatic heterocycles. The van der Waals surface area contributed by atoms with Crippen LogP contribution in [0.15, 0.2) is 39.3 Å². The van der Waals surface area contributed by atoms with Crippen molar-refractivity contribution in [2.24, 2.45) is 0 Å². The van der Waals surface area contributed by atoms with E-state index >= 15 is 0 Å². The Kier molecular flexibility index (Phi) is 6.90. The minimum atomic E-state index is -0.288. The number of carbonyl (C=O) groups excluding carboxylic acids is 1.